The second-order valence-electron chi connectivity index (χ2n) is 34.9. The first-order chi connectivity index (χ1) is 64.2. The van der Waals surface area contributed by atoms with Gasteiger partial charge in [0.25, 0.3) is 0 Å². The van der Waals surface area contributed by atoms with Gasteiger partial charge in [0.15, 0.2) is 23.3 Å². The molecule has 702 valence electrons. The van der Waals surface area contributed by atoms with E-state index >= 15 is 0 Å². The number of benzene rings is 8. The van der Waals surface area contributed by atoms with Crippen LogP contribution in [0.15, 0.2) is 194 Å². The van der Waals surface area contributed by atoms with Crippen molar-refractivity contribution in [1.29, 1.82) is 0 Å². The van der Waals surface area contributed by atoms with Crippen LogP contribution in [-0.4, -0.2) is 241 Å². The number of carbonyl (C=O) groups excluding carboxylic acids is 7. The molecule has 9 atom stereocenters. The lowest BCUT2D eigenvalue weighted by atomic mass is 9.85. The van der Waals surface area contributed by atoms with E-state index in [1.54, 1.807) is 88.2 Å². The van der Waals surface area contributed by atoms with Gasteiger partial charge >= 0.3 is 36.1 Å². The minimum absolute atomic E-state index is 0.0668. The van der Waals surface area contributed by atoms with Gasteiger partial charge in [0, 0.05) is 61.0 Å². The molecule has 4 aliphatic rings. The van der Waals surface area contributed by atoms with Crippen molar-refractivity contribution in [3.05, 3.63) is 194 Å². The van der Waals surface area contributed by atoms with Crippen molar-refractivity contribution >= 4 is 85.6 Å². The molecule has 4 aliphatic heterocycles. The van der Waals surface area contributed by atoms with Gasteiger partial charge in [-0.1, -0.05) is 142 Å². The Morgan fingerprint density at radius 3 is 0.925 bits per heavy atom. The molecular formula is C100H111N13O21. The van der Waals surface area contributed by atoms with Crippen molar-refractivity contribution < 1.29 is 99.9 Å². The zero-order chi connectivity index (χ0) is 95.7. The molecule has 4 aromatic heterocycles. The van der Waals surface area contributed by atoms with Crippen LogP contribution in [0.2, 0.25) is 0 Å². The van der Waals surface area contributed by atoms with Gasteiger partial charge in [-0.3, -0.25) is 19.3 Å². The van der Waals surface area contributed by atoms with Crippen LogP contribution in [0.5, 0.6) is 46.5 Å². The van der Waals surface area contributed by atoms with Crippen molar-refractivity contribution in [3.63, 3.8) is 0 Å². The van der Waals surface area contributed by atoms with Gasteiger partial charge in [-0.25, -0.2) is 39.1 Å². The van der Waals surface area contributed by atoms with Crippen LogP contribution in [-0.2, 0) is 52.4 Å². The minimum atomic E-state index is -0.984. The van der Waals surface area contributed by atoms with Gasteiger partial charge in [-0.15, -0.1) is 0 Å². The number of nitrogens with zero attached hydrogens (tertiary/aromatic N) is 10. The van der Waals surface area contributed by atoms with E-state index in [1.807, 2.05) is 197 Å². The molecule has 5 unspecified atom stereocenters. The summed E-state index contributed by atoms with van der Waals surface area (Å²) < 4.78 is 77.2. The maximum absolute atomic E-state index is 14.0. The number of esters is 4. The Hall–Kier alpha value is -14.7. The normalized spacial score (nSPS) is 18.2. The first kappa shape index (κ1) is 96.9. The fourth-order valence-electron chi connectivity index (χ4n) is 15.4. The van der Waals surface area contributed by atoms with Gasteiger partial charge in [0.1, 0.15) is 88.8 Å². The number of carbonyl (C=O) groups is 7. The number of ether oxygens (including phenoxy) is 14. The largest absolute Gasteiger partial charge is 0.497 e. The van der Waals surface area contributed by atoms with Crippen molar-refractivity contribution in [2.45, 2.75) is 154 Å². The van der Waals surface area contributed by atoms with Gasteiger partial charge < -0.3 is 87.2 Å². The van der Waals surface area contributed by atoms with Crippen LogP contribution < -0.4 is 53.8 Å². The minimum Gasteiger partial charge on any atom is -0.497 e. The number of methoxy groups -OCH3 is 8. The molecule has 3 N–H and O–H groups in total. The highest BCUT2D eigenvalue weighted by molar-refractivity contribution is 5.93. The van der Waals surface area contributed by atoms with E-state index < -0.39 is 77.0 Å². The Kier molecular flexibility index (Phi) is 31.2. The van der Waals surface area contributed by atoms with Crippen molar-refractivity contribution in [1.82, 2.24) is 65.6 Å². The number of rotatable bonds is 22. The summed E-state index contributed by atoms with van der Waals surface area (Å²) in [5.41, 5.74) is 4.16. The van der Waals surface area contributed by atoms with E-state index in [0.29, 0.717) is 118 Å². The van der Waals surface area contributed by atoms with E-state index in [1.165, 1.54) is 38.2 Å². The topological polar surface area (TPSA) is 394 Å². The first-order valence-electron chi connectivity index (χ1n) is 43.6. The van der Waals surface area contributed by atoms with E-state index in [9.17, 15) is 33.6 Å². The molecule has 34 nitrogen and oxygen atoms in total. The average Bonchev–Trinajstić information content (AvgIpc) is 1.82. The third-order valence-electron chi connectivity index (χ3n) is 22.0. The molecule has 0 bridgehead atoms. The number of aromatic nitrogens is 8. The molecule has 8 aromatic carbocycles. The second kappa shape index (κ2) is 43.1. The molecule has 8 heterocycles. The molecule has 0 saturated carbocycles. The summed E-state index contributed by atoms with van der Waals surface area (Å²) in [5.74, 6) is 4.24. The molecule has 0 spiro atoms. The van der Waals surface area contributed by atoms with Gasteiger partial charge in [0.2, 0.25) is 29.4 Å². The monoisotopic (exact) mass is 1830 g/mol. The molecule has 0 radical (unpaired) electrons. The molecule has 134 heavy (non-hydrogen) atoms. The van der Waals surface area contributed by atoms with Crippen LogP contribution in [0.25, 0.3) is 89.2 Å². The van der Waals surface area contributed by atoms with Crippen LogP contribution in [0.4, 0.5) is 9.59 Å². The van der Waals surface area contributed by atoms with Crippen molar-refractivity contribution in [2.75, 3.05) is 83.1 Å². The lowest BCUT2D eigenvalue weighted by Crippen LogP contribution is -2.57. The Morgan fingerprint density at radius 1 is 0.351 bits per heavy atom. The predicted molar refractivity (Wildman–Crippen MR) is 499 cm³/mol. The lowest BCUT2D eigenvalue weighted by molar-refractivity contribution is -0.152. The first-order valence-corrected chi connectivity index (χ1v) is 43.6. The quantitative estimate of drug-likeness (QED) is 0.0419. The van der Waals surface area contributed by atoms with E-state index in [0.717, 1.165) is 44.1 Å². The summed E-state index contributed by atoms with van der Waals surface area (Å²) in [5, 5.41) is 11.8. The second-order valence-corrected chi connectivity index (χ2v) is 34.9. The number of hydrogen-bond acceptors (Lipinski definition) is 31. The number of amides is 3. The van der Waals surface area contributed by atoms with Gasteiger partial charge in [0.05, 0.1) is 114 Å². The Labute approximate surface area is 775 Å². The predicted octanol–water partition coefficient (Wildman–Crippen LogP) is 14.2. The van der Waals surface area contributed by atoms with Crippen molar-refractivity contribution in [3.8, 4) is 92.1 Å². The lowest BCUT2D eigenvalue weighted by Gasteiger charge is -2.35. The van der Waals surface area contributed by atoms with Crippen LogP contribution in [0, 0.1) is 5.41 Å². The highest BCUT2D eigenvalue weighted by atomic mass is 16.6. The SMILES string of the molecule is COC(=O)C1CC(Oc2nc(-c3ccccc3)nc3ccc(OC)cc23)CN1C(=O)OC(C)(C)C.COC(=O)C1C[C@@H](Oc2nc(-c3ccccc3)nc3ccc(OC)cc23)CN1.COC(=O)C1C[C@@H](Oc2nc(-c3ccccc3)nc3ccc(OC)cc23)CN1.COC(=O)C1C[C@@H](Oc2nc(-c3ccccc3)nc3ccc(OC)cc23)CN1C(=O)[C@@H](NC(=O)OC(C)(C)C)C(C)(C)C. The average molecular weight is 1830 g/mol. The molecule has 4 fully saturated rings. The molecule has 3 amide bonds. The summed E-state index contributed by atoms with van der Waals surface area (Å²) in [6.07, 6.45) is -1.40. The van der Waals surface area contributed by atoms with Crippen molar-refractivity contribution in [2.24, 2.45) is 5.41 Å². The smallest absolute Gasteiger partial charge is 0.411 e. The van der Waals surface area contributed by atoms with Crippen LogP contribution >= 0.6 is 0 Å². The summed E-state index contributed by atoms with van der Waals surface area (Å²) >= 11 is 0. The fraction of sp³-hybridized carbons (Fsp3) is 0.370. The summed E-state index contributed by atoms with van der Waals surface area (Å²) in [6, 6.07) is 57.2. The maximum Gasteiger partial charge on any atom is 0.411 e. The Balaban J connectivity index is 0.000000154. The molecule has 34 heteroatoms. The van der Waals surface area contributed by atoms with E-state index in [4.69, 9.17) is 81.3 Å². The molecule has 4 saturated heterocycles. The molecule has 0 aliphatic carbocycles. The van der Waals surface area contributed by atoms with E-state index in [2.05, 4.69) is 40.9 Å². The summed E-state index contributed by atoms with van der Waals surface area (Å²) in [7, 11) is 11.7. The number of nitrogens with one attached hydrogen (secondary N) is 3. The third-order valence-corrected chi connectivity index (χ3v) is 22.0. The van der Waals surface area contributed by atoms with Crippen LogP contribution in [0.1, 0.15) is 88.0 Å². The number of hydrogen-bond donors (Lipinski definition) is 3. The number of fused-ring (bicyclic) bond motifs is 4. The zero-order valence-electron chi connectivity index (χ0n) is 77.9. The highest BCUT2D eigenvalue weighted by Gasteiger charge is 2.48. The summed E-state index contributed by atoms with van der Waals surface area (Å²) in [6.45, 7) is 17.3. The summed E-state index contributed by atoms with van der Waals surface area (Å²) in [4.78, 5) is 129. The Morgan fingerprint density at radius 2 is 0.642 bits per heavy atom. The number of likely N-dealkylation sites (tertiary alicyclic amines) is 2. The zero-order valence-corrected chi connectivity index (χ0v) is 77.9. The van der Waals surface area contributed by atoms with E-state index in [-0.39, 0.29) is 62.2 Å². The van der Waals surface area contributed by atoms with Crippen LogP contribution in [0.3, 0.4) is 0 Å². The molecular weight excluding hydrogens is 1720 g/mol. The van der Waals surface area contributed by atoms with Gasteiger partial charge in [-0.05, 0) is 120 Å². The Bertz CT molecular complexity index is 6010. The van der Waals surface area contributed by atoms with Gasteiger partial charge in [-0.2, -0.15) is 19.9 Å². The molecule has 16 rings (SSSR count). The fourth-order valence-corrected chi connectivity index (χ4v) is 15.4. The maximum atomic E-state index is 14.0. The number of alkyl carbamates (subject to hydrolysis) is 1. The molecule has 12 aromatic rings. The standard InChI is InChI=1S/C32H40N4O7.C26H29N3O6.2C21H21N3O4/c1-31(2,3)25(34-30(39)43-32(4,5)6)28(37)36-18-21(17-24(36)29(38)41-8)42-27-22-16-20(40-7)14-15-23(22)33-26(35-27)19-12-10-9-11-13-19;1-26(2,3)35-25(31)29-15-18(14-21(29)24(30)33-5)34-23-19-13-17(32-4)11-12-20(19)27-22(28-23)16-9-7-6-8-10-16;2*1-26-14-8-9-17-16(10-14)20(24-19(23-17)13-6-4-3-5-7-13)28-15-11-18(22-12-15)21(25)27-2/h9-16,21,24-25H,17-18H2,1-8H3,(H,34,39);6-13,18,21H,14-15H2,1-5H3;2*3-10,15,18,22H,11-12H2,1-2H3/t21-,24?,25-;;2*15-,18?/m1.11/s1. The highest BCUT2D eigenvalue weighted by Crippen LogP contribution is 2.39. The third kappa shape index (κ3) is 24.4.